The fourth-order valence-electron chi connectivity index (χ4n) is 1.12. The smallest absolute Gasteiger partial charge is 0.251 e. The topological polar surface area (TPSA) is 23.5 Å². The van der Waals surface area contributed by atoms with E-state index in [-0.39, 0.29) is 19.2 Å². The molecule has 1 aliphatic heterocycles. The highest BCUT2D eigenvalue weighted by molar-refractivity contribution is 4.81. The molecule has 60 valence electrons. The predicted molar refractivity (Wildman–Crippen MR) is 33.1 cm³/mol. The van der Waals surface area contributed by atoms with Crippen LogP contribution in [0.3, 0.4) is 0 Å². The van der Waals surface area contributed by atoms with Gasteiger partial charge in [-0.3, -0.25) is 4.90 Å². The molecular weight excluding hydrogens is 140 g/mol. The van der Waals surface area contributed by atoms with Crippen LogP contribution < -0.4 is 0 Å². The number of halogens is 2. The zero-order valence-corrected chi connectivity index (χ0v) is 5.63. The SMILES string of the molecule is OC[C@@H]1CCN1CC(F)F. The molecule has 1 atom stereocenters. The summed E-state index contributed by atoms with van der Waals surface area (Å²) in [6.07, 6.45) is -1.42. The van der Waals surface area contributed by atoms with Gasteiger partial charge in [-0.2, -0.15) is 0 Å². The Morgan fingerprint density at radius 2 is 2.30 bits per heavy atom. The summed E-state index contributed by atoms with van der Waals surface area (Å²) in [6, 6.07) is -0.00556. The van der Waals surface area contributed by atoms with Crippen LogP contribution in [-0.2, 0) is 0 Å². The molecule has 0 amide bonds. The van der Waals surface area contributed by atoms with E-state index in [1.807, 2.05) is 0 Å². The molecule has 0 radical (unpaired) electrons. The standard InChI is InChI=1S/C6H11F2NO/c7-6(8)3-9-2-1-5(9)4-10/h5-6,10H,1-4H2/t5-/m0/s1. The minimum absolute atomic E-state index is 0.00556. The maximum absolute atomic E-state index is 11.7. The lowest BCUT2D eigenvalue weighted by atomic mass is 10.1. The Morgan fingerprint density at radius 3 is 2.60 bits per heavy atom. The van der Waals surface area contributed by atoms with Crippen molar-refractivity contribution in [2.75, 3.05) is 19.7 Å². The summed E-state index contributed by atoms with van der Waals surface area (Å²) >= 11 is 0. The van der Waals surface area contributed by atoms with E-state index in [0.29, 0.717) is 6.54 Å². The number of likely N-dealkylation sites (tertiary alicyclic amines) is 1. The second-order valence-electron chi connectivity index (χ2n) is 2.51. The van der Waals surface area contributed by atoms with Crippen LogP contribution in [0.25, 0.3) is 0 Å². The van der Waals surface area contributed by atoms with Crippen molar-refractivity contribution < 1.29 is 13.9 Å². The van der Waals surface area contributed by atoms with E-state index >= 15 is 0 Å². The third-order valence-corrected chi connectivity index (χ3v) is 1.85. The Bertz CT molecular complexity index is 108. The van der Waals surface area contributed by atoms with Crippen LogP contribution in [0.5, 0.6) is 0 Å². The first-order chi connectivity index (χ1) is 4.74. The highest BCUT2D eigenvalue weighted by Crippen LogP contribution is 2.17. The Kier molecular flexibility index (Phi) is 2.56. The largest absolute Gasteiger partial charge is 0.395 e. The molecule has 0 spiro atoms. The molecule has 1 heterocycles. The van der Waals surface area contributed by atoms with Gasteiger partial charge >= 0.3 is 0 Å². The summed E-state index contributed by atoms with van der Waals surface area (Å²) in [4.78, 5) is 1.60. The van der Waals surface area contributed by atoms with Gasteiger partial charge in [-0.15, -0.1) is 0 Å². The van der Waals surface area contributed by atoms with Crippen molar-refractivity contribution in [2.24, 2.45) is 0 Å². The fourth-order valence-corrected chi connectivity index (χ4v) is 1.12. The third-order valence-electron chi connectivity index (χ3n) is 1.85. The zero-order valence-electron chi connectivity index (χ0n) is 5.63. The van der Waals surface area contributed by atoms with E-state index in [0.717, 1.165) is 6.42 Å². The highest BCUT2D eigenvalue weighted by atomic mass is 19.3. The van der Waals surface area contributed by atoms with E-state index in [1.54, 1.807) is 4.90 Å². The lowest BCUT2D eigenvalue weighted by Crippen LogP contribution is -2.51. The van der Waals surface area contributed by atoms with Crippen LogP contribution in [0.4, 0.5) is 8.78 Å². The van der Waals surface area contributed by atoms with Crippen molar-refractivity contribution in [3.05, 3.63) is 0 Å². The lowest BCUT2D eigenvalue weighted by molar-refractivity contribution is -0.00654. The average molecular weight is 151 g/mol. The van der Waals surface area contributed by atoms with Crippen LogP contribution in [0, 0.1) is 0 Å². The molecule has 0 aliphatic carbocycles. The summed E-state index contributed by atoms with van der Waals surface area (Å²) in [5.41, 5.74) is 0. The van der Waals surface area contributed by atoms with Crippen LogP contribution in [0.15, 0.2) is 0 Å². The molecule has 1 N–H and O–H groups in total. The molecule has 0 aromatic carbocycles. The van der Waals surface area contributed by atoms with Gasteiger partial charge in [-0.25, -0.2) is 8.78 Å². The van der Waals surface area contributed by atoms with E-state index in [9.17, 15) is 8.78 Å². The second-order valence-corrected chi connectivity index (χ2v) is 2.51. The van der Waals surface area contributed by atoms with Gasteiger partial charge in [0.05, 0.1) is 13.2 Å². The van der Waals surface area contributed by atoms with Gasteiger partial charge in [0.25, 0.3) is 6.43 Å². The molecule has 10 heavy (non-hydrogen) atoms. The van der Waals surface area contributed by atoms with Crippen LogP contribution in [0.1, 0.15) is 6.42 Å². The predicted octanol–water partition coefficient (Wildman–Crippen LogP) is 0.318. The zero-order chi connectivity index (χ0) is 7.56. The van der Waals surface area contributed by atoms with Crippen molar-refractivity contribution in [3.8, 4) is 0 Å². The second kappa shape index (κ2) is 3.25. The number of hydrogen-bond donors (Lipinski definition) is 1. The Balaban J connectivity index is 2.16. The Labute approximate surface area is 58.4 Å². The minimum atomic E-state index is -2.27. The van der Waals surface area contributed by atoms with Gasteiger partial charge < -0.3 is 5.11 Å². The number of aliphatic hydroxyl groups excluding tert-OH is 1. The molecular formula is C6H11F2NO. The molecule has 4 heteroatoms. The maximum atomic E-state index is 11.7. The van der Waals surface area contributed by atoms with Crippen molar-refractivity contribution in [2.45, 2.75) is 18.9 Å². The molecule has 1 aliphatic rings. The van der Waals surface area contributed by atoms with Crippen LogP contribution >= 0.6 is 0 Å². The Hall–Kier alpha value is -0.220. The Morgan fingerprint density at radius 1 is 1.60 bits per heavy atom. The van der Waals surface area contributed by atoms with Gasteiger partial charge in [0.2, 0.25) is 0 Å². The van der Waals surface area contributed by atoms with Gasteiger partial charge in [-0.05, 0) is 6.42 Å². The van der Waals surface area contributed by atoms with E-state index < -0.39 is 6.43 Å². The first-order valence-corrected chi connectivity index (χ1v) is 3.37. The van der Waals surface area contributed by atoms with Crippen molar-refractivity contribution in [1.29, 1.82) is 0 Å². The van der Waals surface area contributed by atoms with Gasteiger partial charge in [0, 0.05) is 12.6 Å². The normalized spacial score (nSPS) is 27.0. The number of aliphatic hydroxyl groups is 1. The minimum Gasteiger partial charge on any atom is -0.395 e. The summed E-state index contributed by atoms with van der Waals surface area (Å²) in [5, 5.41) is 8.58. The molecule has 0 unspecified atom stereocenters. The molecule has 2 nitrogen and oxygen atoms in total. The summed E-state index contributed by atoms with van der Waals surface area (Å²) < 4.78 is 23.4. The molecule has 1 saturated heterocycles. The molecule has 1 rings (SSSR count). The third kappa shape index (κ3) is 1.64. The van der Waals surface area contributed by atoms with Gasteiger partial charge in [-0.1, -0.05) is 0 Å². The van der Waals surface area contributed by atoms with Crippen molar-refractivity contribution in [3.63, 3.8) is 0 Å². The van der Waals surface area contributed by atoms with E-state index in [1.165, 1.54) is 0 Å². The first-order valence-electron chi connectivity index (χ1n) is 3.37. The molecule has 0 aromatic heterocycles. The number of hydrogen-bond acceptors (Lipinski definition) is 2. The fraction of sp³-hybridized carbons (Fsp3) is 1.00. The number of nitrogens with zero attached hydrogens (tertiary/aromatic N) is 1. The summed E-state index contributed by atoms with van der Waals surface area (Å²) in [7, 11) is 0. The molecule has 1 fully saturated rings. The number of alkyl halides is 2. The maximum Gasteiger partial charge on any atom is 0.251 e. The van der Waals surface area contributed by atoms with Crippen molar-refractivity contribution in [1.82, 2.24) is 4.90 Å². The molecule has 0 saturated carbocycles. The summed E-state index contributed by atoms with van der Waals surface area (Å²) in [6.45, 7) is 0.521. The van der Waals surface area contributed by atoms with Crippen molar-refractivity contribution >= 4 is 0 Å². The quantitative estimate of drug-likeness (QED) is 0.627. The summed E-state index contributed by atoms with van der Waals surface area (Å²) in [5.74, 6) is 0. The van der Waals surface area contributed by atoms with Gasteiger partial charge in [0.15, 0.2) is 0 Å². The van der Waals surface area contributed by atoms with Crippen LogP contribution in [-0.4, -0.2) is 42.2 Å². The van der Waals surface area contributed by atoms with E-state index in [4.69, 9.17) is 5.11 Å². The lowest BCUT2D eigenvalue weighted by Gasteiger charge is -2.39. The molecule has 0 bridgehead atoms. The van der Waals surface area contributed by atoms with Gasteiger partial charge in [0.1, 0.15) is 0 Å². The average Bonchev–Trinajstić information content (AvgIpc) is 1.82. The highest BCUT2D eigenvalue weighted by Gasteiger charge is 2.28. The van der Waals surface area contributed by atoms with Crippen LogP contribution in [0.2, 0.25) is 0 Å². The monoisotopic (exact) mass is 151 g/mol. The first kappa shape index (κ1) is 7.88. The molecule has 0 aromatic rings. The van der Waals surface area contributed by atoms with E-state index in [2.05, 4.69) is 0 Å². The number of rotatable bonds is 3.